The molecule has 27 heavy (non-hydrogen) atoms. The molecule has 0 saturated carbocycles. The van der Waals surface area contributed by atoms with E-state index in [1.807, 2.05) is 24.3 Å². The van der Waals surface area contributed by atoms with Gasteiger partial charge in [0.15, 0.2) is 6.04 Å². The van der Waals surface area contributed by atoms with Crippen molar-refractivity contribution in [3.05, 3.63) is 60.0 Å². The maximum absolute atomic E-state index is 9.45. The van der Waals surface area contributed by atoms with Crippen molar-refractivity contribution in [1.82, 2.24) is 10.2 Å². The first-order chi connectivity index (χ1) is 13.1. The Kier molecular flexibility index (Phi) is 4.81. The summed E-state index contributed by atoms with van der Waals surface area (Å²) < 4.78 is 5.98. The first kappa shape index (κ1) is 17.5. The maximum Gasteiger partial charge on any atom is 0.274 e. The third-order valence-corrected chi connectivity index (χ3v) is 5.31. The molecular weight excluding hydrogens is 340 g/mol. The minimum absolute atomic E-state index is 0.165. The van der Waals surface area contributed by atoms with Crippen LogP contribution in [-0.2, 0) is 0 Å². The molecule has 0 unspecified atom stereocenters. The molecule has 6 heteroatoms. The van der Waals surface area contributed by atoms with Gasteiger partial charge in [-0.05, 0) is 50.2 Å². The molecule has 1 saturated heterocycles. The molecule has 3 aromatic rings. The van der Waals surface area contributed by atoms with E-state index < -0.39 is 0 Å². The summed E-state index contributed by atoms with van der Waals surface area (Å²) in [4.78, 5) is 3.80. The molecule has 0 amide bonds. The van der Waals surface area contributed by atoms with Crippen LogP contribution in [0.25, 0.3) is 11.5 Å². The third-order valence-electron chi connectivity index (χ3n) is 5.31. The molecule has 1 atom stereocenters. The summed E-state index contributed by atoms with van der Waals surface area (Å²) in [6.07, 6.45) is 0. The van der Waals surface area contributed by atoms with Gasteiger partial charge in [0.1, 0.15) is 5.75 Å². The summed E-state index contributed by atoms with van der Waals surface area (Å²) >= 11 is 0. The van der Waals surface area contributed by atoms with Gasteiger partial charge in [0.2, 0.25) is 5.89 Å². The second kappa shape index (κ2) is 7.40. The number of phenols is 1. The van der Waals surface area contributed by atoms with E-state index in [9.17, 15) is 5.11 Å². The lowest BCUT2D eigenvalue weighted by atomic mass is 10.1. The van der Waals surface area contributed by atoms with E-state index in [1.165, 1.54) is 10.5 Å². The number of nitrogens with zero attached hydrogens (tertiary/aromatic N) is 3. The van der Waals surface area contributed by atoms with Crippen LogP contribution in [-0.4, -0.2) is 41.5 Å². The SMILES string of the molecule is Cc1cccc(-c2nnc([C@@H](C)[NH+]3CCN(c4ccc(O)cc4)CC3)o2)c1. The first-order valence-corrected chi connectivity index (χ1v) is 9.39. The summed E-state index contributed by atoms with van der Waals surface area (Å²) in [7, 11) is 0. The number of rotatable bonds is 4. The zero-order valence-corrected chi connectivity index (χ0v) is 15.7. The smallest absolute Gasteiger partial charge is 0.274 e. The number of aromatic hydroxyl groups is 1. The maximum atomic E-state index is 9.45. The molecule has 1 fully saturated rings. The molecule has 6 nitrogen and oxygen atoms in total. The van der Waals surface area contributed by atoms with Crippen molar-refractivity contribution in [2.75, 3.05) is 31.1 Å². The van der Waals surface area contributed by atoms with E-state index in [2.05, 4.69) is 41.1 Å². The third kappa shape index (κ3) is 3.80. The van der Waals surface area contributed by atoms with E-state index in [0.717, 1.165) is 37.4 Å². The quantitative estimate of drug-likeness (QED) is 0.742. The molecule has 2 aromatic carbocycles. The molecule has 140 valence electrons. The van der Waals surface area contributed by atoms with Crippen LogP contribution in [0, 0.1) is 6.92 Å². The molecule has 0 aliphatic carbocycles. The lowest BCUT2D eigenvalue weighted by molar-refractivity contribution is -0.931. The van der Waals surface area contributed by atoms with Gasteiger partial charge in [-0.15, -0.1) is 10.2 Å². The lowest BCUT2D eigenvalue weighted by Crippen LogP contribution is -3.14. The highest BCUT2D eigenvalue weighted by Crippen LogP contribution is 2.21. The van der Waals surface area contributed by atoms with Gasteiger partial charge in [-0.25, -0.2) is 0 Å². The van der Waals surface area contributed by atoms with Crippen LogP contribution in [0.4, 0.5) is 5.69 Å². The van der Waals surface area contributed by atoms with Gasteiger partial charge in [-0.2, -0.15) is 0 Å². The van der Waals surface area contributed by atoms with Gasteiger partial charge >= 0.3 is 0 Å². The predicted octanol–water partition coefficient (Wildman–Crippen LogP) is 2.22. The Balaban J connectivity index is 1.41. The number of hydrogen-bond acceptors (Lipinski definition) is 5. The Hall–Kier alpha value is -2.86. The Morgan fingerprint density at radius 3 is 2.52 bits per heavy atom. The van der Waals surface area contributed by atoms with Gasteiger partial charge in [0.05, 0.1) is 26.2 Å². The number of piperazine rings is 1. The first-order valence-electron chi connectivity index (χ1n) is 9.39. The fourth-order valence-corrected chi connectivity index (χ4v) is 3.63. The minimum atomic E-state index is 0.165. The summed E-state index contributed by atoms with van der Waals surface area (Å²) in [6, 6.07) is 15.7. The predicted molar refractivity (Wildman–Crippen MR) is 104 cm³/mol. The summed E-state index contributed by atoms with van der Waals surface area (Å²) in [5.41, 5.74) is 3.29. The number of hydrogen-bond donors (Lipinski definition) is 2. The number of aromatic nitrogens is 2. The Morgan fingerprint density at radius 2 is 1.81 bits per heavy atom. The fourth-order valence-electron chi connectivity index (χ4n) is 3.63. The molecule has 1 aliphatic rings. The Morgan fingerprint density at radius 1 is 1.07 bits per heavy atom. The van der Waals surface area contributed by atoms with Crippen LogP contribution < -0.4 is 9.80 Å². The monoisotopic (exact) mass is 365 g/mol. The average Bonchev–Trinajstić information content (AvgIpc) is 3.18. The van der Waals surface area contributed by atoms with Crippen LogP contribution in [0.2, 0.25) is 0 Å². The number of benzene rings is 2. The molecule has 0 spiro atoms. The molecule has 1 aromatic heterocycles. The second-order valence-corrected chi connectivity index (χ2v) is 7.20. The fraction of sp³-hybridized carbons (Fsp3) is 0.333. The van der Waals surface area contributed by atoms with Crippen molar-refractivity contribution >= 4 is 5.69 Å². The molecule has 0 radical (unpaired) electrons. The van der Waals surface area contributed by atoms with Gasteiger partial charge in [-0.3, -0.25) is 0 Å². The number of anilines is 1. The number of quaternary nitrogens is 1. The van der Waals surface area contributed by atoms with Crippen molar-refractivity contribution in [3.8, 4) is 17.2 Å². The summed E-state index contributed by atoms with van der Waals surface area (Å²) in [5.74, 6) is 1.58. The van der Waals surface area contributed by atoms with Gasteiger partial charge in [0.25, 0.3) is 5.89 Å². The summed E-state index contributed by atoms with van der Waals surface area (Å²) in [5, 5.41) is 18.0. The van der Waals surface area contributed by atoms with Crippen LogP contribution in [0.3, 0.4) is 0 Å². The minimum Gasteiger partial charge on any atom is -0.508 e. The highest BCUT2D eigenvalue weighted by atomic mass is 16.4. The van der Waals surface area contributed by atoms with Crippen molar-refractivity contribution in [2.24, 2.45) is 0 Å². The van der Waals surface area contributed by atoms with E-state index in [1.54, 1.807) is 12.1 Å². The Bertz CT molecular complexity index is 899. The van der Waals surface area contributed by atoms with E-state index >= 15 is 0 Å². The van der Waals surface area contributed by atoms with Crippen molar-refractivity contribution in [1.29, 1.82) is 0 Å². The molecule has 2 N–H and O–H groups in total. The second-order valence-electron chi connectivity index (χ2n) is 7.20. The van der Waals surface area contributed by atoms with Crippen LogP contribution >= 0.6 is 0 Å². The molecule has 1 aliphatic heterocycles. The van der Waals surface area contributed by atoms with Crippen LogP contribution in [0.1, 0.15) is 24.4 Å². The van der Waals surface area contributed by atoms with Gasteiger partial charge < -0.3 is 19.3 Å². The molecule has 2 heterocycles. The number of nitrogens with one attached hydrogen (secondary N) is 1. The molecule has 0 bridgehead atoms. The number of aryl methyl sites for hydroxylation is 1. The highest BCUT2D eigenvalue weighted by Gasteiger charge is 2.29. The average molecular weight is 365 g/mol. The lowest BCUT2D eigenvalue weighted by Gasteiger charge is -2.35. The summed E-state index contributed by atoms with van der Waals surface area (Å²) in [6.45, 7) is 8.14. The van der Waals surface area contributed by atoms with Crippen molar-refractivity contribution < 1.29 is 14.4 Å². The topological polar surface area (TPSA) is 66.8 Å². The zero-order chi connectivity index (χ0) is 18.8. The zero-order valence-electron chi connectivity index (χ0n) is 15.7. The largest absolute Gasteiger partial charge is 0.508 e. The van der Waals surface area contributed by atoms with Crippen LogP contribution in [0.5, 0.6) is 5.75 Å². The number of phenolic OH excluding ortho intramolecular Hbond substituents is 1. The van der Waals surface area contributed by atoms with Crippen molar-refractivity contribution in [2.45, 2.75) is 19.9 Å². The highest BCUT2D eigenvalue weighted by molar-refractivity contribution is 5.53. The van der Waals surface area contributed by atoms with Gasteiger partial charge in [-0.1, -0.05) is 17.7 Å². The molecule has 4 rings (SSSR count). The Labute approximate surface area is 159 Å². The van der Waals surface area contributed by atoms with Gasteiger partial charge in [0, 0.05) is 11.3 Å². The van der Waals surface area contributed by atoms with E-state index in [-0.39, 0.29) is 6.04 Å². The van der Waals surface area contributed by atoms with Crippen LogP contribution in [0.15, 0.2) is 52.9 Å². The van der Waals surface area contributed by atoms with E-state index in [0.29, 0.717) is 17.5 Å². The standard InChI is InChI=1S/C21H24N4O2/c1-15-4-3-5-17(14-15)21-23-22-20(27-21)16(2)24-10-12-25(13-11-24)18-6-8-19(26)9-7-18/h3-9,14,16,26H,10-13H2,1-2H3/p+1/t16-/m1/s1. The van der Waals surface area contributed by atoms with Crippen molar-refractivity contribution in [3.63, 3.8) is 0 Å². The normalized spacial score (nSPS) is 16.4. The molecular formula is C21H25N4O2+. The van der Waals surface area contributed by atoms with E-state index in [4.69, 9.17) is 4.42 Å².